The first-order valence-electron chi connectivity index (χ1n) is 11.3. The summed E-state index contributed by atoms with van der Waals surface area (Å²) in [7, 11) is 1.69. The van der Waals surface area contributed by atoms with Gasteiger partial charge in [0.05, 0.1) is 18.2 Å². The van der Waals surface area contributed by atoms with E-state index in [4.69, 9.17) is 4.42 Å². The van der Waals surface area contributed by atoms with Gasteiger partial charge in [0.2, 0.25) is 17.7 Å². The highest BCUT2D eigenvalue weighted by molar-refractivity contribution is 6.11. The predicted octanol–water partition coefficient (Wildman–Crippen LogP) is 4.15. The molecule has 2 heterocycles. The smallest absolute Gasteiger partial charge is 0.241 e. The van der Waals surface area contributed by atoms with Crippen LogP contribution in [0.25, 0.3) is 11.1 Å². The SMILES string of the molecule is CN(Cc1ccco1)C(=O)CC1(c2ccc(-c3ccccc3)cc2)CC(=O)N(C2CC2)C1=O. The Kier molecular flexibility index (Phi) is 5.36. The monoisotopic (exact) mass is 442 g/mol. The van der Waals surface area contributed by atoms with Crippen LogP contribution in [0.3, 0.4) is 0 Å². The second kappa shape index (κ2) is 8.35. The normalized spacial score (nSPS) is 20.3. The third-order valence-corrected chi connectivity index (χ3v) is 6.66. The van der Waals surface area contributed by atoms with Gasteiger partial charge in [0.25, 0.3) is 0 Å². The quantitative estimate of drug-likeness (QED) is 0.516. The summed E-state index contributed by atoms with van der Waals surface area (Å²) in [5, 5.41) is 0. The molecule has 2 fully saturated rings. The van der Waals surface area contributed by atoms with Crippen LogP contribution in [0.2, 0.25) is 0 Å². The van der Waals surface area contributed by atoms with E-state index in [1.807, 2.05) is 54.6 Å². The van der Waals surface area contributed by atoms with Crippen LogP contribution in [0, 0.1) is 0 Å². The molecule has 6 nitrogen and oxygen atoms in total. The Bertz CT molecular complexity index is 1170. The van der Waals surface area contributed by atoms with Gasteiger partial charge in [-0.25, -0.2) is 0 Å². The lowest BCUT2D eigenvalue weighted by molar-refractivity contribution is -0.143. The summed E-state index contributed by atoms with van der Waals surface area (Å²) in [6.07, 6.45) is 3.21. The van der Waals surface area contributed by atoms with E-state index in [1.165, 1.54) is 4.90 Å². The zero-order valence-electron chi connectivity index (χ0n) is 18.6. The molecular weight excluding hydrogens is 416 g/mol. The highest BCUT2D eigenvalue weighted by Gasteiger charge is 2.57. The maximum Gasteiger partial charge on any atom is 0.241 e. The van der Waals surface area contributed by atoms with Crippen molar-refractivity contribution in [1.82, 2.24) is 9.80 Å². The van der Waals surface area contributed by atoms with Gasteiger partial charge in [-0.05, 0) is 41.7 Å². The van der Waals surface area contributed by atoms with Crippen molar-refractivity contribution in [3.8, 4) is 11.1 Å². The molecule has 5 rings (SSSR count). The van der Waals surface area contributed by atoms with Crippen LogP contribution in [-0.4, -0.2) is 40.6 Å². The van der Waals surface area contributed by atoms with Crippen molar-refractivity contribution in [1.29, 1.82) is 0 Å². The number of nitrogens with zero attached hydrogens (tertiary/aromatic N) is 2. The highest BCUT2D eigenvalue weighted by atomic mass is 16.3. The van der Waals surface area contributed by atoms with Gasteiger partial charge in [-0.1, -0.05) is 54.6 Å². The Morgan fingerprint density at radius 3 is 2.33 bits per heavy atom. The molecular formula is C27H26N2O4. The summed E-state index contributed by atoms with van der Waals surface area (Å²) in [5.41, 5.74) is 1.62. The molecule has 0 N–H and O–H groups in total. The zero-order chi connectivity index (χ0) is 23.0. The zero-order valence-corrected chi connectivity index (χ0v) is 18.6. The first kappa shape index (κ1) is 21.2. The minimum absolute atomic E-state index is 0.0212. The second-order valence-electron chi connectivity index (χ2n) is 9.01. The molecule has 1 unspecified atom stereocenters. The Morgan fingerprint density at radius 2 is 1.70 bits per heavy atom. The molecule has 2 aliphatic rings. The number of carbonyl (C=O) groups excluding carboxylic acids is 3. The first-order chi connectivity index (χ1) is 16.0. The Morgan fingerprint density at radius 1 is 1.00 bits per heavy atom. The number of furan rings is 1. The van der Waals surface area contributed by atoms with E-state index in [9.17, 15) is 14.4 Å². The van der Waals surface area contributed by atoms with Crippen LogP contribution in [0.5, 0.6) is 0 Å². The molecule has 168 valence electrons. The number of hydrogen-bond donors (Lipinski definition) is 0. The van der Waals surface area contributed by atoms with Crippen molar-refractivity contribution in [2.75, 3.05) is 7.05 Å². The van der Waals surface area contributed by atoms with Crippen LogP contribution < -0.4 is 0 Å². The fourth-order valence-corrected chi connectivity index (χ4v) is 4.66. The van der Waals surface area contributed by atoms with Crippen LogP contribution in [-0.2, 0) is 26.3 Å². The number of hydrogen-bond acceptors (Lipinski definition) is 4. The molecule has 33 heavy (non-hydrogen) atoms. The molecule has 1 aromatic heterocycles. The molecule has 3 aromatic rings. The van der Waals surface area contributed by atoms with Gasteiger partial charge in [-0.2, -0.15) is 0 Å². The van der Waals surface area contributed by atoms with Crippen molar-refractivity contribution >= 4 is 17.7 Å². The Balaban J connectivity index is 1.46. The van der Waals surface area contributed by atoms with Crippen LogP contribution in [0.15, 0.2) is 77.4 Å². The summed E-state index contributed by atoms with van der Waals surface area (Å²) in [6.45, 7) is 0.309. The summed E-state index contributed by atoms with van der Waals surface area (Å²) >= 11 is 0. The number of benzene rings is 2. The average Bonchev–Trinajstić information content (AvgIpc) is 3.46. The van der Waals surface area contributed by atoms with E-state index in [1.54, 1.807) is 30.3 Å². The number of likely N-dealkylation sites (tertiary alicyclic amines) is 1. The van der Waals surface area contributed by atoms with Crippen molar-refractivity contribution in [3.05, 3.63) is 84.3 Å². The van der Waals surface area contributed by atoms with Gasteiger partial charge in [-0.15, -0.1) is 0 Å². The van der Waals surface area contributed by atoms with Crippen molar-refractivity contribution < 1.29 is 18.8 Å². The summed E-state index contributed by atoms with van der Waals surface area (Å²) in [6, 6.07) is 21.2. The van der Waals surface area contributed by atoms with Gasteiger partial charge in [-0.3, -0.25) is 19.3 Å². The highest BCUT2D eigenvalue weighted by Crippen LogP contribution is 2.44. The Hall–Kier alpha value is -3.67. The molecule has 0 bridgehead atoms. The van der Waals surface area contributed by atoms with Gasteiger partial charge < -0.3 is 9.32 Å². The second-order valence-corrected chi connectivity index (χ2v) is 9.01. The van der Waals surface area contributed by atoms with E-state index in [-0.39, 0.29) is 36.6 Å². The molecule has 0 radical (unpaired) electrons. The summed E-state index contributed by atoms with van der Waals surface area (Å²) in [5.74, 6) is 0.0382. The van der Waals surface area contributed by atoms with E-state index in [0.717, 1.165) is 24.0 Å². The molecule has 1 aliphatic carbocycles. The van der Waals surface area contributed by atoms with Crippen molar-refractivity contribution in [2.24, 2.45) is 0 Å². The fourth-order valence-electron chi connectivity index (χ4n) is 4.66. The van der Waals surface area contributed by atoms with E-state index < -0.39 is 5.41 Å². The molecule has 1 saturated heterocycles. The molecule has 6 heteroatoms. The summed E-state index contributed by atoms with van der Waals surface area (Å²) < 4.78 is 5.36. The van der Waals surface area contributed by atoms with Crippen LogP contribution in [0.4, 0.5) is 0 Å². The minimum Gasteiger partial charge on any atom is -0.467 e. The average molecular weight is 443 g/mol. The van der Waals surface area contributed by atoms with Gasteiger partial charge >= 0.3 is 0 Å². The third kappa shape index (κ3) is 3.97. The van der Waals surface area contributed by atoms with E-state index in [0.29, 0.717) is 17.9 Å². The largest absolute Gasteiger partial charge is 0.467 e. The predicted molar refractivity (Wildman–Crippen MR) is 123 cm³/mol. The van der Waals surface area contributed by atoms with Crippen molar-refractivity contribution in [3.63, 3.8) is 0 Å². The molecule has 2 aromatic carbocycles. The Labute approximate surface area is 192 Å². The van der Waals surface area contributed by atoms with Crippen molar-refractivity contribution in [2.45, 2.75) is 43.7 Å². The maximum absolute atomic E-state index is 13.7. The molecule has 1 aliphatic heterocycles. The van der Waals surface area contributed by atoms with E-state index in [2.05, 4.69) is 0 Å². The van der Waals surface area contributed by atoms with Crippen LogP contribution in [0.1, 0.15) is 37.0 Å². The standard InChI is InChI=1S/C27H26N2O4/c1-28(18-23-8-5-15-33-23)24(30)16-27(17-25(31)29(26(27)32)22-13-14-22)21-11-9-20(10-12-21)19-6-3-2-4-7-19/h2-12,15,22H,13-14,16-18H2,1H3. The summed E-state index contributed by atoms with van der Waals surface area (Å²) in [4.78, 5) is 42.8. The lowest BCUT2D eigenvalue weighted by Crippen LogP contribution is -2.43. The topological polar surface area (TPSA) is 70.8 Å². The number of rotatable bonds is 7. The molecule has 0 spiro atoms. The number of carbonyl (C=O) groups is 3. The molecule has 3 amide bonds. The lowest BCUT2D eigenvalue weighted by Gasteiger charge is -2.29. The third-order valence-electron chi connectivity index (χ3n) is 6.66. The number of imide groups is 1. The molecule has 1 saturated carbocycles. The van der Waals surface area contributed by atoms with Crippen LogP contribution >= 0.6 is 0 Å². The van der Waals surface area contributed by atoms with Gasteiger partial charge in [0, 0.05) is 25.9 Å². The molecule has 1 atom stereocenters. The fraction of sp³-hybridized carbons (Fsp3) is 0.296. The number of amides is 3. The van der Waals surface area contributed by atoms with E-state index >= 15 is 0 Å². The minimum atomic E-state index is -1.18. The van der Waals surface area contributed by atoms with Gasteiger partial charge in [0.1, 0.15) is 5.76 Å². The van der Waals surface area contributed by atoms with Gasteiger partial charge in [0.15, 0.2) is 0 Å². The lowest BCUT2D eigenvalue weighted by atomic mass is 9.75. The maximum atomic E-state index is 13.7. The first-order valence-corrected chi connectivity index (χ1v) is 11.3.